The molecule has 0 saturated carbocycles. The monoisotopic (exact) mass is 235 g/mol. The van der Waals surface area contributed by atoms with Crippen LogP contribution in [0.5, 0.6) is 0 Å². The van der Waals surface area contributed by atoms with Gasteiger partial charge in [0, 0.05) is 6.54 Å². The van der Waals surface area contributed by atoms with Crippen LogP contribution in [0.1, 0.15) is 11.1 Å². The zero-order valence-corrected chi connectivity index (χ0v) is 9.17. The highest BCUT2D eigenvalue weighted by Crippen LogP contribution is 2.23. The Balaban J connectivity index is 2.27. The largest absolute Gasteiger partial charge is 0.480 e. The zero-order chi connectivity index (χ0) is 12.4. The number of benzene rings is 1. The number of aliphatic carboxylic acids is 2. The predicted octanol–water partition coefficient (Wildman–Crippen LogP) is 0.583. The fourth-order valence-corrected chi connectivity index (χ4v) is 2.16. The van der Waals surface area contributed by atoms with E-state index < -0.39 is 18.0 Å². The minimum Gasteiger partial charge on any atom is -0.480 e. The number of nitrogens with zero attached hydrogens (tertiary/aromatic N) is 1. The first-order chi connectivity index (χ1) is 8.08. The van der Waals surface area contributed by atoms with E-state index in [9.17, 15) is 9.59 Å². The van der Waals surface area contributed by atoms with Gasteiger partial charge < -0.3 is 10.2 Å². The minimum atomic E-state index is -1.00. The Hall–Kier alpha value is -1.88. The molecule has 0 aromatic heterocycles. The lowest BCUT2D eigenvalue weighted by molar-refractivity contribution is -0.147. The van der Waals surface area contributed by atoms with Crippen molar-refractivity contribution in [3.8, 4) is 0 Å². The second-order valence-corrected chi connectivity index (χ2v) is 4.13. The number of hydrogen-bond acceptors (Lipinski definition) is 3. The lowest BCUT2D eigenvalue weighted by Gasteiger charge is -2.33. The number of hydrogen-bond donors (Lipinski definition) is 2. The van der Waals surface area contributed by atoms with Crippen molar-refractivity contribution < 1.29 is 19.8 Å². The second-order valence-electron chi connectivity index (χ2n) is 4.13. The van der Waals surface area contributed by atoms with Gasteiger partial charge in [0.1, 0.15) is 6.04 Å². The summed E-state index contributed by atoms with van der Waals surface area (Å²) in [5, 5.41) is 17.9. The van der Waals surface area contributed by atoms with Gasteiger partial charge in [0.25, 0.3) is 0 Å². The summed E-state index contributed by atoms with van der Waals surface area (Å²) in [6.07, 6.45) is 0.360. The Bertz CT molecular complexity index is 458. The van der Waals surface area contributed by atoms with Gasteiger partial charge in [0.2, 0.25) is 0 Å². The van der Waals surface area contributed by atoms with Gasteiger partial charge in [-0.05, 0) is 17.5 Å². The molecule has 1 unspecified atom stereocenters. The lowest BCUT2D eigenvalue weighted by Crippen LogP contribution is -2.47. The average molecular weight is 235 g/mol. The molecule has 0 spiro atoms. The van der Waals surface area contributed by atoms with E-state index in [1.807, 2.05) is 24.3 Å². The van der Waals surface area contributed by atoms with Crippen LogP contribution in [0.25, 0.3) is 0 Å². The Morgan fingerprint density at radius 1 is 1.24 bits per heavy atom. The number of rotatable bonds is 3. The van der Waals surface area contributed by atoms with E-state index in [1.54, 1.807) is 0 Å². The standard InChI is InChI=1S/C12H13NO4/c14-11(15)7-13-6-9-4-2-1-3-8(9)5-10(13)12(16)17/h1-4,10H,5-7H2,(H,14,15)(H,16,17). The summed E-state index contributed by atoms with van der Waals surface area (Å²) >= 11 is 0. The Morgan fingerprint density at radius 2 is 1.88 bits per heavy atom. The predicted molar refractivity (Wildman–Crippen MR) is 59.6 cm³/mol. The molecule has 0 fully saturated rings. The van der Waals surface area contributed by atoms with Crippen molar-refractivity contribution in [2.24, 2.45) is 0 Å². The smallest absolute Gasteiger partial charge is 0.321 e. The van der Waals surface area contributed by atoms with E-state index in [0.717, 1.165) is 11.1 Å². The molecular formula is C12H13NO4. The summed E-state index contributed by atoms with van der Waals surface area (Å²) in [4.78, 5) is 23.3. The molecule has 17 heavy (non-hydrogen) atoms. The van der Waals surface area contributed by atoms with Crippen molar-refractivity contribution in [3.05, 3.63) is 35.4 Å². The van der Waals surface area contributed by atoms with Gasteiger partial charge in [-0.1, -0.05) is 24.3 Å². The van der Waals surface area contributed by atoms with Crippen molar-refractivity contribution in [2.45, 2.75) is 19.0 Å². The molecule has 2 N–H and O–H groups in total. The maximum Gasteiger partial charge on any atom is 0.321 e. The van der Waals surface area contributed by atoms with Gasteiger partial charge in [-0.3, -0.25) is 14.5 Å². The summed E-state index contributed by atoms with van der Waals surface area (Å²) in [6, 6.07) is 6.79. The molecule has 1 atom stereocenters. The van der Waals surface area contributed by atoms with Gasteiger partial charge in [0.15, 0.2) is 0 Å². The normalized spacial score (nSPS) is 19.6. The fourth-order valence-electron chi connectivity index (χ4n) is 2.16. The topological polar surface area (TPSA) is 77.8 Å². The van der Waals surface area contributed by atoms with Gasteiger partial charge in [-0.25, -0.2) is 0 Å². The van der Waals surface area contributed by atoms with Crippen LogP contribution in [0.15, 0.2) is 24.3 Å². The Kier molecular flexibility index (Phi) is 3.10. The fraction of sp³-hybridized carbons (Fsp3) is 0.333. The third-order valence-electron chi connectivity index (χ3n) is 2.97. The molecule has 1 aliphatic rings. The molecule has 5 nitrogen and oxygen atoms in total. The number of fused-ring (bicyclic) bond motifs is 1. The van der Waals surface area contributed by atoms with Crippen molar-refractivity contribution in [2.75, 3.05) is 6.54 Å². The highest BCUT2D eigenvalue weighted by Gasteiger charge is 2.32. The zero-order valence-electron chi connectivity index (χ0n) is 9.17. The van der Waals surface area contributed by atoms with Crippen molar-refractivity contribution in [1.29, 1.82) is 0 Å². The first-order valence-electron chi connectivity index (χ1n) is 5.33. The van der Waals surface area contributed by atoms with Crippen molar-refractivity contribution in [3.63, 3.8) is 0 Å². The molecule has 1 heterocycles. The van der Waals surface area contributed by atoms with Crippen LogP contribution in [-0.4, -0.2) is 39.6 Å². The van der Waals surface area contributed by atoms with Crippen LogP contribution in [0, 0.1) is 0 Å². The molecule has 1 aromatic carbocycles. The summed E-state index contributed by atoms with van der Waals surface area (Å²) in [6.45, 7) is 0.130. The molecule has 5 heteroatoms. The van der Waals surface area contributed by atoms with Crippen LogP contribution < -0.4 is 0 Å². The molecule has 0 bridgehead atoms. The molecule has 0 saturated heterocycles. The molecule has 90 valence electrons. The van der Waals surface area contributed by atoms with E-state index in [0.29, 0.717) is 13.0 Å². The number of carbonyl (C=O) groups is 2. The Labute approximate surface area is 98.3 Å². The van der Waals surface area contributed by atoms with E-state index in [-0.39, 0.29) is 6.54 Å². The maximum atomic E-state index is 11.1. The van der Waals surface area contributed by atoms with Crippen LogP contribution in [0.3, 0.4) is 0 Å². The summed E-state index contributed by atoms with van der Waals surface area (Å²) in [5.74, 6) is -1.98. The molecule has 1 aromatic rings. The van der Waals surface area contributed by atoms with E-state index in [4.69, 9.17) is 10.2 Å². The van der Waals surface area contributed by atoms with Gasteiger partial charge in [-0.2, -0.15) is 0 Å². The molecule has 2 rings (SSSR count). The van der Waals surface area contributed by atoms with Gasteiger partial charge in [0.05, 0.1) is 6.54 Å². The van der Waals surface area contributed by atoms with Crippen LogP contribution in [0.2, 0.25) is 0 Å². The summed E-state index contributed by atoms with van der Waals surface area (Å²) in [7, 11) is 0. The summed E-state index contributed by atoms with van der Waals surface area (Å²) in [5.41, 5.74) is 1.99. The first kappa shape index (κ1) is 11.6. The molecule has 0 radical (unpaired) electrons. The number of carboxylic acid groups (broad SMARTS) is 2. The maximum absolute atomic E-state index is 11.1. The average Bonchev–Trinajstić information content (AvgIpc) is 2.27. The highest BCUT2D eigenvalue weighted by atomic mass is 16.4. The van der Waals surface area contributed by atoms with Crippen molar-refractivity contribution >= 4 is 11.9 Å². The lowest BCUT2D eigenvalue weighted by atomic mass is 9.94. The SMILES string of the molecule is O=C(O)CN1Cc2ccccc2CC1C(=O)O. The molecule has 1 aliphatic heterocycles. The van der Waals surface area contributed by atoms with Crippen LogP contribution in [-0.2, 0) is 22.6 Å². The van der Waals surface area contributed by atoms with E-state index in [1.165, 1.54) is 4.90 Å². The molecular weight excluding hydrogens is 222 g/mol. The minimum absolute atomic E-state index is 0.245. The van der Waals surface area contributed by atoms with Gasteiger partial charge in [-0.15, -0.1) is 0 Å². The molecule has 0 amide bonds. The van der Waals surface area contributed by atoms with Crippen molar-refractivity contribution in [1.82, 2.24) is 4.90 Å². The second kappa shape index (κ2) is 4.55. The highest BCUT2D eigenvalue weighted by molar-refractivity contribution is 5.76. The third kappa shape index (κ3) is 2.45. The van der Waals surface area contributed by atoms with E-state index >= 15 is 0 Å². The quantitative estimate of drug-likeness (QED) is 0.801. The van der Waals surface area contributed by atoms with Crippen LogP contribution >= 0.6 is 0 Å². The van der Waals surface area contributed by atoms with E-state index in [2.05, 4.69) is 0 Å². The number of carboxylic acids is 2. The third-order valence-corrected chi connectivity index (χ3v) is 2.97. The van der Waals surface area contributed by atoms with Gasteiger partial charge >= 0.3 is 11.9 Å². The molecule has 0 aliphatic carbocycles. The van der Waals surface area contributed by atoms with Crippen LogP contribution in [0.4, 0.5) is 0 Å². The first-order valence-corrected chi connectivity index (χ1v) is 5.33. The Morgan fingerprint density at radius 3 is 2.47 bits per heavy atom. The summed E-state index contributed by atoms with van der Waals surface area (Å²) < 4.78 is 0.